The van der Waals surface area contributed by atoms with E-state index in [0.29, 0.717) is 5.56 Å². The quantitative estimate of drug-likeness (QED) is 0.883. The van der Waals surface area contributed by atoms with Crippen molar-refractivity contribution in [1.29, 1.82) is 5.26 Å². The van der Waals surface area contributed by atoms with Gasteiger partial charge in [0.2, 0.25) is 5.91 Å². The zero-order valence-electron chi connectivity index (χ0n) is 12.1. The number of nitrogens with zero attached hydrogens (tertiary/aromatic N) is 1. The summed E-state index contributed by atoms with van der Waals surface area (Å²) in [4.78, 5) is 12.5. The average molecular weight is 271 g/mol. The minimum atomic E-state index is -0.402. The van der Waals surface area contributed by atoms with Crippen molar-refractivity contribution < 1.29 is 4.79 Å². The third kappa shape index (κ3) is 2.83. The molecule has 106 valence electrons. The fourth-order valence-electron chi connectivity index (χ4n) is 2.73. The number of carbonyl (C=O) groups is 1. The number of rotatable bonds is 4. The third-order valence-corrected chi connectivity index (χ3v) is 4.17. The molecule has 0 saturated carbocycles. The van der Waals surface area contributed by atoms with Crippen molar-refractivity contribution in [3.63, 3.8) is 0 Å². The third-order valence-electron chi connectivity index (χ3n) is 4.17. The topological polar surface area (TPSA) is 64.9 Å². The Bertz CT molecular complexity index is 510. The van der Waals surface area contributed by atoms with E-state index >= 15 is 0 Å². The van der Waals surface area contributed by atoms with Gasteiger partial charge in [-0.2, -0.15) is 5.26 Å². The van der Waals surface area contributed by atoms with Crippen LogP contribution in [0.3, 0.4) is 0 Å². The van der Waals surface area contributed by atoms with Crippen LogP contribution in [0, 0.1) is 11.3 Å². The van der Waals surface area contributed by atoms with Crippen molar-refractivity contribution in [3.8, 4) is 6.07 Å². The molecule has 4 heteroatoms. The summed E-state index contributed by atoms with van der Waals surface area (Å²) < 4.78 is 0. The molecular formula is C16H21N3O. The van der Waals surface area contributed by atoms with Crippen LogP contribution in [0.5, 0.6) is 0 Å². The predicted octanol–water partition coefficient (Wildman–Crippen LogP) is 2.27. The van der Waals surface area contributed by atoms with Gasteiger partial charge in [-0.3, -0.25) is 4.79 Å². The SMILES string of the molecule is CCC1(C(=O)NC(C)c2ccc(C#N)cc2)CCCN1. The smallest absolute Gasteiger partial charge is 0.240 e. The minimum Gasteiger partial charge on any atom is -0.348 e. The van der Waals surface area contributed by atoms with Crippen molar-refractivity contribution in [2.75, 3.05) is 6.54 Å². The molecule has 2 rings (SSSR count). The lowest BCUT2D eigenvalue weighted by Crippen LogP contribution is -2.53. The second-order valence-corrected chi connectivity index (χ2v) is 5.39. The standard InChI is InChI=1S/C16H21N3O/c1-3-16(9-4-10-18-16)15(20)19-12(2)14-7-5-13(11-17)6-8-14/h5-8,12,18H,3-4,9-10H2,1-2H3,(H,19,20). The molecule has 1 amide bonds. The molecule has 2 atom stereocenters. The molecule has 0 bridgehead atoms. The molecule has 1 aliphatic heterocycles. The Labute approximate surface area is 120 Å². The van der Waals surface area contributed by atoms with Crippen LogP contribution >= 0.6 is 0 Å². The highest BCUT2D eigenvalue weighted by molar-refractivity contribution is 5.87. The van der Waals surface area contributed by atoms with Crippen LogP contribution in [0.1, 0.15) is 50.3 Å². The van der Waals surface area contributed by atoms with Crippen LogP contribution in [0.2, 0.25) is 0 Å². The largest absolute Gasteiger partial charge is 0.348 e. The molecule has 1 aromatic rings. The molecule has 2 N–H and O–H groups in total. The Morgan fingerprint density at radius 1 is 1.50 bits per heavy atom. The van der Waals surface area contributed by atoms with Crippen LogP contribution in [-0.2, 0) is 4.79 Å². The van der Waals surface area contributed by atoms with E-state index in [1.54, 1.807) is 12.1 Å². The molecule has 0 aliphatic carbocycles. The first-order valence-electron chi connectivity index (χ1n) is 7.17. The van der Waals surface area contributed by atoms with E-state index in [-0.39, 0.29) is 11.9 Å². The van der Waals surface area contributed by atoms with Crippen LogP contribution in [0.25, 0.3) is 0 Å². The molecule has 2 unspecified atom stereocenters. The highest BCUT2D eigenvalue weighted by Gasteiger charge is 2.39. The first-order chi connectivity index (χ1) is 9.61. The van der Waals surface area contributed by atoms with Gasteiger partial charge < -0.3 is 10.6 Å². The maximum Gasteiger partial charge on any atom is 0.240 e. The number of nitrogens with one attached hydrogen (secondary N) is 2. The minimum absolute atomic E-state index is 0.0546. The number of hydrogen-bond donors (Lipinski definition) is 2. The van der Waals surface area contributed by atoms with Crippen molar-refractivity contribution in [2.24, 2.45) is 0 Å². The van der Waals surface area contributed by atoms with Gasteiger partial charge in [0.05, 0.1) is 23.2 Å². The first kappa shape index (κ1) is 14.5. The summed E-state index contributed by atoms with van der Waals surface area (Å²) in [6.45, 7) is 4.92. The molecule has 20 heavy (non-hydrogen) atoms. The fraction of sp³-hybridized carbons (Fsp3) is 0.500. The summed E-state index contributed by atoms with van der Waals surface area (Å²) in [5.41, 5.74) is 1.25. The molecular weight excluding hydrogens is 250 g/mol. The van der Waals surface area contributed by atoms with Crippen LogP contribution in [-0.4, -0.2) is 18.0 Å². The van der Waals surface area contributed by atoms with Gasteiger partial charge in [-0.25, -0.2) is 0 Å². The van der Waals surface area contributed by atoms with E-state index < -0.39 is 5.54 Å². The van der Waals surface area contributed by atoms with Gasteiger partial charge in [-0.15, -0.1) is 0 Å². The van der Waals surface area contributed by atoms with Gasteiger partial charge in [0, 0.05) is 0 Å². The molecule has 1 saturated heterocycles. The first-order valence-corrected chi connectivity index (χ1v) is 7.17. The van der Waals surface area contributed by atoms with Gasteiger partial charge in [-0.1, -0.05) is 19.1 Å². The normalized spacial score (nSPS) is 23.1. The summed E-state index contributed by atoms with van der Waals surface area (Å²) in [5, 5.41) is 15.2. The second-order valence-electron chi connectivity index (χ2n) is 5.39. The lowest BCUT2D eigenvalue weighted by Gasteiger charge is -2.28. The number of benzene rings is 1. The fourth-order valence-corrected chi connectivity index (χ4v) is 2.73. The van der Waals surface area contributed by atoms with E-state index in [9.17, 15) is 4.79 Å². The van der Waals surface area contributed by atoms with Crippen molar-refractivity contribution in [3.05, 3.63) is 35.4 Å². The van der Waals surface area contributed by atoms with Gasteiger partial charge in [-0.05, 0) is 50.4 Å². The van der Waals surface area contributed by atoms with E-state index in [1.807, 2.05) is 26.0 Å². The number of hydrogen-bond acceptors (Lipinski definition) is 3. The maximum absolute atomic E-state index is 12.5. The van der Waals surface area contributed by atoms with E-state index in [2.05, 4.69) is 16.7 Å². The van der Waals surface area contributed by atoms with Gasteiger partial charge in [0.25, 0.3) is 0 Å². The zero-order valence-corrected chi connectivity index (χ0v) is 12.1. The Kier molecular flexibility index (Phi) is 4.41. The predicted molar refractivity (Wildman–Crippen MR) is 78.0 cm³/mol. The second kappa shape index (κ2) is 6.06. The highest BCUT2D eigenvalue weighted by Crippen LogP contribution is 2.24. The van der Waals surface area contributed by atoms with Crippen molar-refractivity contribution in [1.82, 2.24) is 10.6 Å². The monoisotopic (exact) mass is 271 g/mol. The summed E-state index contributed by atoms with van der Waals surface area (Å²) >= 11 is 0. The summed E-state index contributed by atoms with van der Waals surface area (Å²) in [6.07, 6.45) is 2.75. The van der Waals surface area contributed by atoms with Crippen LogP contribution in [0.15, 0.2) is 24.3 Å². The average Bonchev–Trinajstić information content (AvgIpc) is 2.97. The molecule has 0 radical (unpaired) electrons. The Morgan fingerprint density at radius 2 is 2.20 bits per heavy atom. The molecule has 0 aromatic heterocycles. The molecule has 1 heterocycles. The Hall–Kier alpha value is -1.86. The van der Waals surface area contributed by atoms with E-state index in [4.69, 9.17) is 5.26 Å². The van der Waals surface area contributed by atoms with Crippen molar-refractivity contribution >= 4 is 5.91 Å². The molecule has 1 aliphatic rings. The van der Waals surface area contributed by atoms with Gasteiger partial charge in [0.1, 0.15) is 0 Å². The van der Waals surface area contributed by atoms with E-state index in [0.717, 1.165) is 31.4 Å². The lowest BCUT2D eigenvalue weighted by molar-refractivity contribution is -0.128. The number of nitriles is 1. The molecule has 1 aromatic carbocycles. The summed E-state index contributed by atoms with van der Waals surface area (Å²) in [7, 11) is 0. The van der Waals surface area contributed by atoms with Gasteiger partial charge >= 0.3 is 0 Å². The van der Waals surface area contributed by atoms with Crippen LogP contribution in [0.4, 0.5) is 0 Å². The number of carbonyl (C=O) groups excluding carboxylic acids is 1. The zero-order chi connectivity index (χ0) is 14.6. The number of amides is 1. The summed E-state index contributed by atoms with van der Waals surface area (Å²) in [5.74, 6) is 0.0781. The lowest BCUT2D eigenvalue weighted by atomic mass is 9.92. The van der Waals surface area contributed by atoms with Crippen LogP contribution < -0.4 is 10.6 Å². The molecule has 0 spiro atoms. The molecule has 1 fully saturated rings. The highest BCUT2D eigenvalue weighted by atomic mass is 16.2. The van der Waals surface area contributed by atoms with Crippen molar-refractivity contribution in [2.45, 2.75) is 44.7 Å². The van der Waals surface area contributed by atoms with Gasteiger partial charge in [0.15, 0.2) is 0 Å². The summed E-state index contributed by atoms with van der Waals surface area (Å²) in [6, 6.07) is 9.39. The Balaban J connectivity index is 2.05. The maximum atomic E-state index is 12.5. The Morgan fingerprint density at radius 3 is 2.70 bits per heavy atom. The van der Waals surface area contributed by atoms with E-state index in [1.165, 1.54) is 0 Å². The molecule has 4 nitrogen and oxygen atoms in total.